The van der Waals surface area contributed by atoms with Crippen molar-refractivity contribution in [3.05, 3.63) is 30.4 Å². The third-order valence-electron chi connectivity index (χ3n) is 0.991. The van der Waals surface area contributed by atoms with Crippen molar-refractivity contribution in [3.8, 4) is 0 Å². The lowest BCUT2D eigenvalue weighted by molar-refractivity contribution is 1.08. The molecule has 0 atom stereocenters. The molecule has 3 heteroatoms. The topological polar surface area (TPSA) is 41.6 Å². The molecule has 0 aromatic carbocycles. The van der Waals surface area contributed by atoms with Crippen LogP contribution in [0.3, 0.4) is 0 Å². The Labute approximate surface area is 59.5 Å². The van der Waals surface area contributed by atoms with Gasteiger partial charge in [0.2, 0.25) is 0 Å². The summed E-state index contributed by atoms with van der Waals surface area (Å²) in [6.45, 7) is 1.96. The van der Waals surface area contributed by atoms with E-state index in [2.05, 4.69) is 15.2 Å². The number of nitrogens with zero attached hydrogens (tertiary/aromatic N) is 2. The zero-order valence-electron chi connectivity index (χ0n) is 5.78. The van der Waals surface area contributed by atoms with E-state index in [0.29, 0.717) is 0 Å². The van der Waals surface area contributed by atoms with Crippen molar-refractivity contribution in [3.63, 3.8) is 0 Å². The van der Waals surface area contributed by atoms with Gasteiger partial charge in [0.25, 0.3) is 0 Å². The lowest BCUT2D eigenvalue weighted by Crippen LogP contribution is -1.72. The minimum Gasteiger partial charge on any atom is -0.260 e. The molecule has 0 saturated carbocycles. The zero-order chi connectivity index (χ0) is 7.23. The first-order chi connectivity index (χ1) is 4.93. The molecule has 0 bridgehead atoms. The maximum absolute atomic E-state index is 3.90. The van der Waals surface area contributed by atoms with E-state index in [1.54, 1.807) is 0 Å². The van der Waals surface area contributed by atoms with Crippen molar-refractivity contribution in [2.45, 2.75) is 6.92 Å². The van der Waals surface area contributed by atoms with Crippen molar-refractivity contribution in [2.75, 3.05) is 0 Å². The number of aromatic amines is 1. The molecule has 1 rings (SSSR count). The van der Waals surface area contributed by atoms with Crippen LogP contribution in [0.2, 0.25) is 0 Å². The summed E-state index contributed by atoms with van der Waals surface area (Å²) < 4.78 is 0. The summed E-state index contributed by atoms with van der Waals surface area (Å²) in [5, 5.41) is 6.40. The van der Waals surface area contributed by atoms with Gasteiger partial charge in [-0.15, -0.1) is 0 Å². The molecule has 0 aliphatic heterocycles. The van der Waals surface area contributed by atoms with Gasteiger partial charge in [0, 0.05) is 0 Å². The Morgan fingerprint density at radius 3 is 3.00 bits per heavy atom. The Morgan fingerprint density at radius 2 is 2.40 bits per heavy atom. The summed E-state index contributed by atoms with van der Waals surface area (Å²) in [4.78, 5) is 3.90. The van der Waals surface area contributed by atoms with Crippen LogP contribution in [-0.4, -0.2) is 15.2 Å². The van der Waals surface area contributed by atoms with Crippen LogP contribution in [-0.2, 0) is 0 Å². The molecule has 0 radical (unpaired) electrons. The number of nitrogens with one attached hydrogen (secondary N) is 1. The molecule has 0 saturated heterocycles. The molecule has 1 heterocycles. The summed E-state index contributed by atoms with van der Waals surface area (Å²) >= 11 is 0. The van der Waals surface area contributed by atoms with Crippen LogP contribution >= 0.6 is 0 Å². The minimum absolute atomic E-state index is 0.776. The van der Waals surface area contributed by atoms with E-state index in [1.165, 1.54) is 6.33 Å². The van der Waals surface area contributed by atoms with Crippen molar-refractivity contribution < 1.29 is 0 Å². The molecular formula is C7H9N3. The van der Waals surface area contributed by atoms with Crippen molar-refractivity contribution in [2.24, 2.45) is 0 Å². The first-order valence-corrected chi connectivity index (χ1v) is 3.08. The summed E-state index contributed by atoms with van der Waals surface area (Å²) in [6.07, 6.45) is 9.12. The molecule has 52 valence electrons. The van der Waals surface area contributed by atoms with E-state index in [-0.39, 0.29) is 0 Å². The minimum atomic E-state index is 0.776. The highest BCUT2D eigenvalue weighted by molar-refractivity contribution is 5.41. The van der Waals surface area contributed by atoms with Crippen molar-refractivity contribution in [1.29, 1.82) is 0 Å². The number of hydrogen-bond acceptors (Lipinski definition) is 2. The first-order valence-electron chi connectivity index (χ1n) is 3.08. The van der Waals surface area contributed by atoms with Gasteiger partial charge in [-0.2, -0.15) is 5.10 Å². The molecule has 1 N–H and O–H groups in total. The fourth-order valence-electron chi connectivity index (χ4n) is 0.553. The lowest BCUT2D eigenvalue weighted by atomic mass is 10.4. The molecule has 0 unspecified atom stereocenters. The Balaban J connectivity index is 2.55. The van der Waals surface area contributed by atoms with E-state index in [1.807, 2.05) is 31.2 Å². The Kier molecular flexibility index (Phi) is 2.43. The normalized spacial score (nSPS) is 11.7. The predicted molar refractivity (Wildman–Crippen MR) is 40.2 cm³/mol. The average molecular weight is 135 g/mol. The Bertz CT molecular complexity index is 221. The molecule has 0 aliphatic carbocycles. The van der Waals surface area contributed by atoms with Crippen molar-refractivity contribution >= 4 is 6.08 Å². The van der Waals surface area contributed by atoms with Crippen LogP contribution in [0.25, 0.3) is 6.08 Å². The van der Waals surface area contributed by atoms with Gasteiger partial charge in [-0.05, 0) is 13.0 Å². The van der Waals surface area contributed by atoms with E-state index < -0.39 is 0 Å². The summed E-state index contributed by atoms with van der Waals surface area (Å²) in [6, 6.07) is 0. The first kappa shape index (κ1) is 6.74. The fraction of sp³-hybridized carbons (Fsp3) is 0.143. The lowest BCUT2D eigenvalue weighted by Gasteiger charge is -1.76. The molecule has 10 heavy (non-hydrogen) atoms. The Hall–Kier alpha value is -1.38. The highest BCUT2D eigenvalue weighted by Crippen LogP contribution is 1.89. The third kappa shape index (κ3) is 1.85. The molecule has 0 fully saturated rings. The van der Waals surface area contributed by atoms with Gasteiger partial charge >= 0.3 is 0 Å². The van der Waals surface area contributed by atoms with Crippen LogP contribution in [0.1, 0.15) is 12.7 Å². The number of hydrogen-bond donors (Lipinski definition) is 1. The third-order valence-corrected chi connectivity index (χ3v) is 0.991. The van der Waals surface area contributed by atoms with Crippen LogP contribution in [0.4, 0.5) is 0 Å². The molecular weight excluding hydrogens is 126 g/mol. The van der Waals surface area contributed by atoms with Gasteiger partial charge in [-0.1, -0.05) is 18.2 Å². The Morgan fingerprint density at radius 1 is 1.50 bits per heavy atom. The SMILES string of the molecule is C/C=C\C=C/c1ncn[nH]1. The molecule has 0 spiro atoms. The summed E-state index contributed by atoms with van der Waals surface area (Å²) in [5.41, 5.74) is 0. The number of rotatable bonds is 2. The monoisotopic (exact) mass is 135 g/mol. The smallest absolute Gasteiger partial charge is 0.148 e. The van der Waals surface area contributed by atoms with Gasteiger partial charge < -0.3 is 0 Å². The van der Waals surface area contributed by atoms with Gasteiger partial charge in [-0.25, -0.2) is 4.98 Å². The second-order valence-electron chi connectivity index (χ2n) is 1.76. The highest BCUT2D eigenvalue weighted by Gasteiger charge is 1.82. The number of H-pyrrole nitrogens is 1. The predicted octanol–water partition coefficient (Wildman–Crippen LogP) is 1.39. The second-order valence-corrected chi connectivity index (χ2v) is 1.76. The fourth-order valence-corrected chi connectivity index (χ4v) is 0.553. The quantitative estimate of drug-likeness (QED) is 0.622. The number of aromatic nitrogens is 3. The van der Waals surface area contributed by atoms with Gasteiger partial charge in [0.15, 0.2) is 0 Å². The van der Waals surface area contributed by atoms with E-state index in [4.69, 9.17) is 0 Å². The molecule has 3 nitrogen and oxygen atoms in total. The molecule has 1 aromatic rings. The zero-order valence-corrected chi connectivity index (χ0v) is 5.78. The standard InChI is InChI=1S/C7H9N3/c1-2-3-4-5-7-8-6-9-10-7/h2-6H,1H3,(H,8,9,10)/b3-2-,5-4-. The maximum atomic E-state index is 3.90. The van der Waals surface area contributed by atoms with Crippen LogP contribution < -0.4 is 0 Å². The van der Waals surface area contributed by atoms with Crippen LogP contribution in [0.15, 0.2) is 24.6 Å². The summed E-state index contributed by atoms with van der Waals surface area (Å²) in [5.74, 6) is 0.776. The van der Waals surface area contributed by atoms with Gasteiger partial charge in [0.05, 0.1) is 0 Å². The maximum Gasteiger partial charge on any atom is 0.148 e. The molecule has 0 amide bonds. The van der Waals surface area contributed by atoms with E-state index in [0.717, 1.165) is 5.82 Å². The van der Waals surface area contributed by atoms with Crippen LogP contribution in [0, 0.1) is 0 Å². The van der Waals surface area contributed by atoms with Crippen LogP contribution in [0.5, 0.6) is 0 Å². The molecule has 1 aromatic heterocycles. The molecule has 0 aliphatic rings. The van der Waals surface area contributed by atoms with E-state index >= 15 is 0 Å². The highest BCUT2D eigenvalue weighted by atomic mass is 15.2. The van der Waals surface area contributed by atoms with Gasteiger partial charge in [0.1, 0.15) is 12.2 Å². The van der Waals surface area contributed by atoms with E-state index in [9.17, 15) is 0 Å². The van der Waals surface area contributed by atoms with Gasteiger partial charge in [-0.3, -0.25) is 5.10 Å². The largest absolute Gasteiger partial charge is 0.260 e. The summed E-state index contributed by atoms with van der Waals surface area (Å²) in [7, 11) is 0. The average Bonchev–Trinajstić information content (AvgIpc) is 2.41. The number of allylic oxidation sites excluding steroid dienone is 3. The van der Waals surface area contributed by atoms with Crippen molar-refractivity contribution in [1.82, 2.24) is 15.2 Å². The second kappa shape index (κ2) is 3.61.